The normalized spacial score (nSPS) is 10.2. The topological polar surface area (TPSA) is 66.0 Å². The van der Waals surface area contributed by atoms with Gasteiger partial charge in [-0.2, -0.15) is 5.26 Å². The first-order chi connectivity index (χ1) is 11.5. The van der Waals surface area contributed by atoms with Crippen molar-refractivity contribution in [1.29, 1.82) is 5.26 Å². The highest BCUT2D eigenvalue weighted by atomic mass is 35.5. The summed E-state index contributed by atoms with van der Waals surface area (Å²) in [5.41, 5.74) is 1.65. The first kappa shape index (κ1) is 16.1. The quantitative estimate of drug-likeness (QED) is 0.685. The Kier molecular flexibility index (Phi) is 4.57. The van der Waals surface area contributed by atoms with E-state index >= 15 is 0 Å². The predicted octanol–water partition coefficient (Wildman–Crippen LogP) is 5.38. The minimum atomic E-state index is -0.413. The van der Waals surface area contributed by atoms with Gasteiger partial charge in [0, 0.05) is 21.3 Å². The SMILES string of the molecule is N#Cc1cccc(NC(=O)c2ccc(-c3cc(Cl)cc(Cl)c3)o2)c1. The Morgan fingerprint density at radius 2 is 1.79 bits per heavy atom. The first-order valence-electron chi connectivity index (χ1n) is 6.93. The van der Waals surface area contributed by atoms with Gasteiger partial charge in [-0.1, -0.05) is 29.3 Å². The van der Waals surface area contributed by atoms with Crippen molar-refractivity contribution in [2.24, 2.45) is 0 Å². The van der Waals surface area contributed by atoms with Crippen molar-refractivity contribution in [3.05, 3.63) is 76.0 Å². The number of benzene rings is 2. The molecule has 0 saturated carbocycles. The number of carbonyl (C=O) groups excluding carboxylic acids is 1. The minimum Gasteiger partial charge on any atom is -0.451 e. The van der Waals surface area contributed by atoms with Crippen molar-refractivity contribution in [1.82, 2.24) is 0 Å². The Labute approximate surface area is 148 Å². The maximum Gasteiger partial charge on any atom is 0.291 e. The van der Waals surface area contributed by atoms with Gasteiger partial charge in [0.05, 0.1) is 11.6 Å². The smallest absolute Gasteiger partial charge is 0.291 e. The highest BCUT2D eigenvalue weighted by Crippen LogP contribution is 2.28. The number of nitrogens with zero attached hydrogens (tertiary/aromatic N) is 1. The number of amides is 1. The van der Waals surface area contributed by atoms with Crippen molar-refractivity contribution in [3.8, 4) is 17.4 Å². The van der Waals surface area contributed by atoms with Gasteiger partial charge in [-0.05, 0) is 48.5 Å². The molecule has 0 aliphatic heterocycles. The molecular formula is C18H10Cl2N2O2. The van der Waals surface area contributed by atoms with Crippen molar-refractivity contribution in [3.63, 3.8) is 0 Å². The fourth-order valence-electron chi connectivity index (χ4n) is 2.17. The lowest BCUT2D eigenvalue weighted by atomic mass is 10.2. The number of anilines is 1. The molecule has 1 aromatic heterocycles. The average molecular weight is 357 g/mol. The summed E-state index contributed by atoms with van der Waals surface area (Å²) in [7, 11) is 0. The number of carbonyl (C=O) groups is 1. The van der Waals surface area contributed by atoms with E-state index in [1.807, 2.05) is 6.07 Å². The molecule has 0 bridgehead atoms. The zero-order valence-electron chi connectivity index (χ0n) is 12.2. The van der Waals surface area contributed by atoms with Gasteiger partial charge in [-0.15, -0.1) is 0 Å². The fourth-order valence-corrected chi connectivity index (χ4v) is 2.70. The highest BCUT2D eigenvalue weighted by molar-refractivity contribution is 6.35. The zero-order chi connectivity index (χ0) is 17.1. The second kappa shape index (κ2) is 6.79. The molecule has 118 valence electrons. The third-order valence-corrected chi connectivity index (χ3v) is 3.66. The summed E-state index contributed by atoms with van der Waals surface area (Å²) in [4.78, 5) is 12.3. The van der Waals surface area contributed by atoms with Crippen LogP contribution in [0, 0.1) is 11.3 Å². The molecule has 24 heavy (non-hydrogen) atoms. The maximum atomic E-state index is 12.3. The van der Waals surface area contributed by atoms with E-state index in [1.54, 1.807) is 54.6 Å². The van der Waals surface area contributed by atoms with Gasteiger partial charge in [0.15, 0.2) is 5.76 Å². The van der Waals surface area contributed by atoms with Gasteiger partial charge in [-0.3, -0.25) is 4.79 Å². The van der Waals surface area contributed by atoms with E-state index in [4.69, 9.17) is 32.9 Å². The van der Waals surface area contributed by atoms with Gasteiger partial charge in [-0.25, -0.2) is 0 Å². The van der Waals surface area contributed by atoms with E-state index in [1.165, 1.54) is 0 Å². The summed E-state index contributed by atoms with van der Waals surface area (Å²) in [5.74, 6) is 0.211. The monoisotopic (exact) mass is 356 g/mol. The van der Waals surface area contributed by atoms with Gasteiger partial charge in [0.1, 0.15) is 5.76 Å². The molecule has 0 radical (unpaired) electrons. The third-order valence-electron chi connectivity index (χ3n) is 3.23. The summed E-state index contributed by atoms with van der Waals surface area (Å²) < 4.78 is 5.58. The number of nitriles is 1. The molecule has 0 spiro atoms. The molecule has 3 aromatic rings. The van der Waals surface area contributed by atoms with E-state index in [9.17, 15) is 4.79 Å². The average Bonchev–Trinajstić information content (AvgIpc) is 3.04. The fraction of sp³-hybridized carbons (Fsp3) is 0. The van der Waals surface area contributed by atoms with E-state index in [0.717, 1.165) is 0 Å². The number of hydrogen-bond donors (Lipinski definition) is 1. The zero-order valence-corrected chi connectivity index (χ0v) is 13.7. The Bertz CT molecular complexity index is 937. The summed E-state index contributed by atoms with van der Waals surface area (Å²) in [6.07, 6.45) is 0. The molecule has 6 heteroatoms. The molecular weight excluding hydrogens is 347 g/mol. The highest BCUT2D eigenvalue weighted by Gasteiger charge is 2.13. The molecule has 0 saturated heterocycles. The lowest BCUT2D eigenvalue weighted by molar-refractivity contribution is 0.0997. The van der Waals surface area contributed by atoms with E-state index in [0.29, 0.717) is 32.6 Å². The molecule has 0 aliphatic rings. The molecule has 1 amide bonds. The summed E-state index contributed by atoms with van der Waals surface area (Å²) in [5, 5.41) is 12.5. The molecule has 3 rings (SSSR count). The molecule has 0 atom stereocenters. The van der Waals surface area contributed by atoms with E-state index in [-0.39, 0.29) is 5.76 Å². The van der Waals surface area contributed by atoms with Crippen molar-refractivity contribution >= 4 is 34.8 Å². The second-order valence-corrected chi connectivity index (χ2v) is 5.84. The Morgan fingerprint density at radius 1 is 1.04 bits per heavy atom. The standard InChI is InChI=1S/C18H10Cl2N2O2/c19-13-7-12(8-14(20)9-13)16-4-5-17(24-16)18(23)22-15-3-1-2-11(6-15)10-21/h1-9H,(H,22,23). The van der Waals surface area contributed by atoms with Crippen LogP contribution in [0.5, 0.6) is 0 Å². The summed E-state index contributed by atoms with van der Waals surface area (Å²) >= 11 is 11.9. The summed E-state index contributed by atoms with van der Waals surface area (Å²) in [6, 6.07) is 16.9. The predicted molar refractivity (Wildman–Crippen MR) is 93.3 cm³/mol. The van der Waals surface area contributed by atoms with Crippen LogP contribution in [0.4, 0.5) is 5.69 Å². The molecule has 0 aliphatic carbocycles. The Balaban J connectivity index is 1.82. The number of hydrogen-bond acceptors (Lipinski definition) is 3. The van der Waals surface area contributed by atoms with Crippen molar-refractivity contribution in [2.45, 2.75) is 0 Å². The van der Waals surface area contributed by atoms with E-state index < -0.39 is 5.91 Å². The Hall–Kier alpha value is -2.74. The molecule has 1 N–H and O–H groups in total. The number of rotatable bonds is 3. The van der Waals surface area contributed by atoms with Crippen LogP contribution in [0.15, 0.2) is 59.0 Å². The van der Waals surface area contributed by atoms with Crippen LogP contribution >= 0.6 is 23.2 Å². The lowest BCUT2D eigenvalue weighted by Gasteiger charge is -2.03. The van der Waals surface area contributed by atoms with Crippen LogP contribution in [-0.2, 0) is 0 Å². The number of nitrogens with one attached hydrogen (secondary N) is 1. The second-order valence-electron chi connectivity index (χ2n) is 4.97. The molecule has 4 nitrogen and oxygen atoms in total. The number of halogens is 2. The summed E-state index contributed by atoms with van der Waals surface area (Å²) in [6.45, 7) is 0. The van der Waals surface area contributed by atoms with Gasteiger partial charge < -0.3 is 9.73 Å². The maximum absolute atomic E-state index is 12.3. The minimum absolute atomic E-state index is 0.142. The Morgan fingerprint density at radius 3 is 2.50 bits per heavy atom. The number of furan rings is 1. The van der Waals surface area contributed by atoms with Gasteiger partial charge in [0.25, 0.3) is 5.91 Å². The van der Waals surface area contributed by atoms with Crippen LogP contribution in [-0.4, -0.2) is 5.91 Å². The largest absolute Gasteiger partial charge is 0.451 e. The molecule has 0 fully saturated rings. The van der Waals surface area contributed by atoms with E-state index in [2.05, 4.69) is 5.32 Å². The van der Waals surface area contributed by atoms with Crippen molar-refractivity contribution < 1.29 is 9.21 Å². The molecule has 1 heterocycles. The molecule has 0 unspecified atom stereocenters. The van der Waals surface area contributed by atoms with Gasteiger partial charge >= 0.3 is 0 Å². The van der Waals surface area contributed by atoms with Crippen LogP contribution < -0.4 is 5.32 Å². The van der Waals surface area contributed by atoms with Crippen LogP contribution in [0.2, 0.25) is 10.0 Å². The van der Waals surface area contributed by atoms with Crippen LogP contribution in [0.25, 0.3) is 11.3 Å². The van der Waals surface area contributed by atoms with Crippen molar-refractivity contribution in [2.75, 3.05) is 5.32 Å². The van der Waals surface area contributed by atoms with Gasteiger partial charge in [0.2, 0.25) is 0 Å². The first-order valence-corrected chi connectivity index (χ1v) is 7.68. The third kappa shape index (κ3) is 3.60. The van der Waals surface area contributed by atoms with Crippen LogP contribution in [0.1, 0.15) is 16.1 Å². The van der Waals surface area contributed by atoms with Crippen LogP contribution in [0.3, 0.4) is 0 Å². The lowest BCUT2D eigenvalue weighted by Crippen LogP contribution is -2.10. The molecule has 2 aromatic carbocycles.